The molecule has 1 amide bonds. The molecule has 2 N–H and O–H groups in total. The minimum absolute atomic E-state index is 0.0208. The van der Waals surface area contributed by atoms with Crippen LogP contribution in [0.1, 0.15) is 30.7 Å². The first-order valence-electron chi connectivity index (χ1n) is 7.02. The fourth-order valence-electron chi connectivity index (χ4n) is 3.64. The molecule has 1 aromatic rings. The molecule has 3 rings (SSSR count). The van der Waals surface area contributed by atoms with E-state index in [2.05, 4.69) is 10.6 Å². The Kier molecular flexibility index (Phi) is 3.46. The van der Waals surface area contributed by atoms with Gasteiger partial charge >= 0.3 is 0 Å². The third-order valence-electron chi connectivity index (χ3n) is 4.64. The van der Waals surface area contributed by atoms with Crippen molar-refractivity contribution < 1.29 is 13.6 Å². The molecule has 2 heterocycles. The summed E-state index contributed by atoms with van der Waals surface area (Å²) in [5.74, 6) is -1.09. The van der Waals surface area contributed by atoms with Crippen LogP contribution in [0.3, 0.4) is 0 Å². The predicted molar refractivity (Wildman–Crippen MR) is 71.3 cm³/mol. The molecule has 0 radical (unpaired) electrons. The normalized spacial score (nSPS) is 25.5. The van der Waals surface area contributed by atoms with Gasteiger partial charge in [-0.2, -0.15) is 0 Å². The van der Waals surface area contributed by atoms with E-state index in [1.165, 1.54) is 12.1 Å². The number of hydrogen-bond acceptors (Lipinski definition) is 2. The molecule has 0 aliphatic carbocycles. The van der Waals surface area contributed by atoms with Crippen LogP contribution in [0.25, 0.3) is 0 Å². The van der Waals surface area contributed by atoms with Gasteiger partial charge in [0.25, 0.3) is 0 Å². The Morgan fingerprint density at radius 3 is 2.40 bits per heavy atom. The maximum Gasteiger partial charge on any atom is 0.220 e. The summed E-state index contributed by atoms with van der Waals surface area (Å²) in [6.45, 7) is 2.16. The molecular formula is C15H18F2N2O. The summed E-state index contributed by atoms with van der Waals surface area (Å²) in [6.07, 6.45) is 2.17. The lowest BCUT2D eigenvalue weighted by Gasteiger charge is -2.46. The second kappa shape index (κ2) is 5.13. The second-order valence-corrected chi connectivity index (χ2v) is 5.85. The molecule has 108 valence electrons. The van der Waals surface area contributed by atoms with Gasteiger partial charge in [0.1, 0.15) is 11.6 Å². The van der Waals surface area contributed by atoms with Crippen LogP contribution in [-0.2, 0) is 4.79 Å². The van der Waals surface area contributed by atoms with Crippen molar-refractivity contribution >= 4 is 5.91 Å². The van der Waals surface area contributed by atoms with E-state index >= 15 is 0 Å². The number of nitrogens with one attached hydrogen (secondary N) is 2. The fraction of sp³-hybridized carbons (Fsp3) is 0.533. The van der Waals surface area contributed by atoms with Gasteiger partial charge in [0.05, 0.1) is 0 Å². The van der Waals surface area contributed by atoms with E-state index in [-0.39, 0.29) is 17.2 Å². The number of amides is 1. The average Bonchev–Trinajstić information content (AvgIpc) is 2.38. The zero-order valence-corrected chi connectivity index (χ0v) is 11.2. The van der Waals surface area contributed by atoms with E-state index in [4.69, 9.17) is 0 Å². The summed E-state index contributed by atoms with van der Waals surface area (Å²) in [6, 6.07) is 3.68. The Hall–Kier alpha value is -1.49. The van der Waals surface area contributed by atoms with Gasteiger partial charge in [0.15, 0.2) is 0 Å². The van der Waals surface area contributed by atoms with Crippen molar-refractivity contribution in [2.75, 3.05) is 19.6 Å². The Bertz CT molecular complexity index is 506. The smallest absolute Gasteiger partial charge is 0.220 e. The Labute approximate surface area is 116 Å². The number of carbonyl (C=O) groups excluding carboxylic acids is 1. The first kappa shape index (κ1) is 13.5. The zero-order valence-electron chi connectivity index (χ0n) is 11.2. The maximum atomic E-state index is 13.5. The summed E-state index contributed by atoms with van der Waals surface area (Å²) in [4.78, 5) is 11.8. The Morgan fingerprint density at radius 1 is 1.10 bits per heavy atom. The van der Waals surface area contributed by atoms with Crippen molar-refractivity contribution in [3.05, 3.63) is 35.4 Å². The van der Waals surface area contributed by atoms with Gasteiger partial charge in [0.2, 0.25) is 5.91 Å². The van der Waals surface area contributed by atoms with Crippen LogP contribution in [0, 0.1) is 17.0 Å². The van der Waals surface area contributed by atoms with Crippen LogP contribution in [0.15, 0.2) is 18.2 Å². The number of benzene rings is 1. The molecule has 2 fully saturated rings. The molecular weight excluding hydrogens is 262 g/mol. The van der Waals surface area contributed by atoms with E-state index < -0.39 is 11.6 Å². The van der Waals surface area contributed by atoms with Crippen LogP contribution in [0.2, 0.25) is 0 Å². The zero-order chi connectivity index (χ0) is 14.2. The standard InChI is InChI=1S/C15H18F2N2O/c16-11-5-10(6-12(17)7-11)13-9-19-14(20)8-15(13)1-3-18-4-2-15/h5-7,13,18H,1-4,8-9H2,(H,19,20). The van der Waals surface area contributed by atoms with Gasteiger partial charge in [-0.1, -0.05) is 0 Å². The molecule has 0 aromatic heterocycles. The van der Waals surface area contributed by atoms with Gasteiger partial charge in [-0.05, 0) is 49.0 Å². The van der Waals surface area contributed by atoms with E-state index in [9.17, 15) is 13.6 Å². The predicted octanol–water partition coefficient (Wildman–Crippen LogP) is 1.94. The second-order valence-electron chi connectivity index (χ2n) is 5.85. The number of carbonyl (C=O) groups is 1. The Balaban J connectivity index is 1.98. The van der Waals surface area contributed by atoms with E-state index in [0.717, 1.165) is 32.0 Å². The first-order chi connectivity index (χ1) is 9.59. The molecule has 3 nitrogen and oxygen atoms in total. The van der Waals surface area contributed by atoms with Crippen molar-refractivity contribution in [3.8, 4) is 0 Å². The Morgan fingerprint density at radius 2 is 1.75 bits per heavy atom. The summed E-state index contributed by atoms with van der Waals surface area (Å²) in [5.41, 5.74) is 0.484. The molecule has 1 atom stereocenters. The summed E-state index contributed by atoms with van der Waals surface area (Å²) >= 11 is 0. The molecule has 0 bridgehead atoms. The van der Waals surface area contributed by atoms with Gasteiger partial charge in [0, 0.05) is 24.9 Å². The highest BCUT2D eigenvalue weighted by Crippen LogP contribution is 2.47. The highest BCUT2D eigenvalue weighted by Gasteiger charge is 2.45. The van der Waals surface area contributed by atoms with Gasteiger partial charge < -0.3 is 10.6 Å². The number of rotatable bonds is 1. The monoisotopic (exact) mass is 280 g/mol. The van der Waals surface area contributed by atoms with Crippen molar-refractivity contribution in [2.45, 2.75) is 25.2 Å². The van der Waals surface area contributed by atoms with E-state index in [0.29, 0.717) is 18.5 Å². The number of piperidine rings is 2. The number of halogens is 2. The maximum absolute atomic E-state index is 13.5. The van der Waals surface area contributed by atoms with Crippen molar-refractivity contribution in [3.63, 3.8) is 0 Å². The minimum Gasteiger partial charge on any atom is -0.355 e. The van der Waals surface area contributed by atoms with E-state index in [1.54, 1.807) is 0 Å². The third-order valence-corrected chi connectivity index (χ3v) is 4.64. The molecule has 2 aliphatic heterocycles. The van der Waals surface area contributed by atoms with Crippen molar-refractivity contribution in [1.29, 1.82) is 0 Å². The van der Waals surface area contributed by atoms with Crippen LogP contribution in [0.5, 0.6) is 0 Å². The lowest BCUT2D eigenvalue weighted by Crippen LogP contribution is -2.51. The highest BCUT2D eigenvalue weighted by molar-refractivity contribution is 5.78. The minimum atomic E-state index is -0.555. The van der Waals surface area contributed by atoms with Crippen molar-refractivity contribution in [1.82, 2.24) is 10.6 Å². The topological polar surface area (TPSA) is 41.1 Å². The lowest BCUT2D eigenvalue weighted by atomic mass is 9.63. The molecule has 1 unspecified atom stereocenters. The quantitative estimate of drug-likeness (QED) is 0.825. The van der Waals surface area contributed by atoms with Crippen LogP contribution in [-0.4, -0.2) is 25.5 Å². The molecule has 5 heteroatoms. The lowest BCUT2D eigenvalue weighted by molar-refractivity contribution is -0.127. The van der Waals surface area contributed by atoms with E-state index in [1.807, 2.05) is 0 Å². The third kappa shape index (κ3) is 2.42. The van der Waals surface area contributed by atoms with Gasteiger partial charge in [-0.3, -0.25) is 4.79 Å². The van der Waals surface area contributed by atoms with Crippen LogP contribution >= 0.6 is 0 Å². The summed E-state index contributed by atoms with van der Waals surface area (Å²) in [5, 5.41) is 6.12. The van der Waals surface area contributed by atoms with Crippen LogP contribution in [0.4, 0.5) is 8.78 Å². The summed E-state index contributed by atoms with van der Waals surface area (Å²) in [7, 11) is 0. The highest BCUT2D eigenvalue weighted by atomic mass is 19.1. The number of hydrogen-bond donors (Lipinski definition) is 2. The largest absolute Gasteiger partial charge is 0.355 e. The molecule has 2 aliphatic rings. The molecule has 1 aromatic carbocycles. The molecule has 1 spiro atoms. The van der Waals surface area contributed by atoms with Gasteiger partial charge in [-0.25, -0.2) is 8.78 Å². The first-order valence-corrected chi connectivity index (χ1v) is 7.02. The molecule has 20 heavy (non-hydrogen) atoms. The van der Waals surface area contributed by atoms with Crippen molar-refractivity contribution in [2.24, 2.45) is 5.41 Å². The molecule has 0 saturated carbocycles. The molecule has 2 saturated heterocycles. The summed E-state index contributed by atoms with van der Waals surface area (Å²) < 4.78 is 27.0. The van der Waals surface area contributed by atoms with Crippen LogP contribution < -0.4 is 10.6 Å². The van der Waals surface area contributed by atoms with Gasteiger partial charge in [-0.15, -0.1) is 0 Å². The fourth-order valence-corrected chi connectivity index (χ4v) is 3.64. The average molecular weight is 280 g/mol. The SMILES string of the molecule is O=C1CC2(CCNCC2)C(c2cc(F)cc(F)c2)CN1.